The number of likely N-dealkylation sites (tertiary alicyclic amines) is 1. The van der Waals surface area contributed by atoms with Gasteiger partial charge in [-0.25, -0.2) is 9.97 Å². The van der Waals surface area contributed by atoms with Crippen molar-refractivity contribution in [1.29, 1.82) is 0 Å². The van der Waals surface area contributed by atoms with Crippen LogP contribution in [0.15, 0.2) is 42.7 Å². The van der Waals surface area contributed by atoms with Gasteiger partial charge in [-0.1, -0.05) is 0 Å². The SMILES string of the molecule is COc1c(N2CCC(CN3CCC(OC4CCN(c5cc(-c6n[nH]c7ccc(OC8(C)CC8)cc67)ncn5)CC4)CC3(C)C)CC2)ccc2c1CN(C1CCC(=O)NC1=O)C2=O. The zero-order chi connectivity index (χ0) is 42.8. The maximum Gasteiger partial charge on any atom is 0.255 e. The highest BCUT2D eigenvalue weighted by Crippen LogP contribution is 2.43. The number of hydrogen-bond acceptors (Lipinski definition) is 12. The number of methoxy groups -OCH3 is 1. The third kappa shape index (κ3) is 7.97. The minimum absolute atomic E-state index is 0.0431. The number of anilines is 2. The monoisotopic (exact) mass is 845 g/mol. The van der Waals surface area contributed by atoms with Crippen LogP contribution in [0.2, 0.25) is 0 Å². The van der Waals surface area contributed by atoms with Crippen LogP contribution in [0.5, 0.6) is 11.5 Å². The molecular weight excluding hydrogens is 787 g/mol. The molecule has 0 spiro atoms. The zero-order valence-corrected chi connectivity index (χ0v) is 36.5. The van der Waals surface area contributed by atoms with Crippen LogP contribution in [0.3, 0.4) is 0 Å². The second-order valence-electron chi connectivity index (χ2n) is 19.3. The number of nitrogens with one attached hydrogen (secondary N) is 2. The quantitative estimate of drug-likeness (QED) is 0.174. The molecule has 15 heteroatoms. The number of benzene rings is 2. The Balaban J connectivity index is 0.699. The predicted octanol–water partition coefficient (Wildman–Crippen LogP) is 5.87. The Morgan fingerprint density at radius 3 is 2.37 bits per heavy atom. The van der Waals surface area contributed by atoms with Crippen LogP contribution in [0.1, 0.15) is 101 Å². The molecular formula is C47H59N9O6. The molecule has 2 atom stereocenters. The molecule has 5 aliphatic heterocycles. The van der Waals surface area contributed by atoms with Crippen LogP contribution < -0.4 is 24.6 Å². The number of ether oxygens (including phenoxy) is 3. The van der Waals surface area contributed by atoms with E-state index >= 15 is 0 Å². The van der Waals surface area contributed by atoms with Gasteiger partial charge in [-0.3, -0.25) is 29.7 Å². The first kappa shape index (κ1) is 40.8. The number of carbonyl (C=O) groups is 3. The first-order chi connectivity index (χ1) is 29.9. The summed E-state index contributed by atoms with van der Waals surface area (Å²) in [6, 6.07) is 11.4. The Labute approximate surface area is 362 Å². The number of hydrogen-bond donors (Lipinski definition) is 2. The summed E-state index contributed by atoms with van der Waals surface area (Å²) in [4.78, 5) is 56.1. The van der Waals surface area contributed by atoms with Crippen LogP contribution in [0.4, 0.5) is 11.5 Å². The van der Waals surface area contributed by atoms with Crippen molar-refractivity contribution in [2.75, 3.05) is 56.2 Å². The van der Waals surface area contributed by atoms with Crippen LogP contribution in [0.25, 0.3) is 22.3 Å². The summed E-state index contributed by atoms with van der Waals surface area (Å²) in [5, 5.41) is 11.2. The fourth-order valence-electron chi connectivity index (χ4n) is 10.5. The molecule has 5 fully saturated rings. The van der Waals surface area contributed by atoms with Crippen molar-refractivity contribution in [3.8, 4) is 22.9 Å². The number of fused-ring (bicyclic) bond motifs is 2. The molecule has 1 aliphatic carbocycles. The van der Waals surface area contributed by atoms with Gasteiger partial charge in [-0.15, -0.1) is 0 Å². The van der Waals surface area contributed by atoms with Gasteiger partial charge in [0.15, 0.2) is 0 Å². The third-order valence-corrected chi connectivity index (χ3v) is 14.5. The number of imide groups is 1. The number of H-pyrrole nitrogens is 1. The van der Waals surface area contributed by atoms with E-state index in [-0.39, 0.29) is 41.6 Å². The highest BCUT2D eigenvalue weighted by atomic mass is 16.5. The highest BCUT2D eigenvalue weighted by molar-refractivity contribution is 6.06. The van der Waals surface area contributed by atoms with Gasteiger partial charge in [-0.2, -0.15) is 5.10 Å². The van der Waals surface area contributed by atoms with E-state index in [9.17, 15) is 14.4 Å². The molecule has 3 amide bonds. The number of amides is 3. The molecule has 328 valence electrons. The average molecular weight is 846 g/mol. The number of piperidine rings is 4. The first-order valence-corrected chi connectivity index (χ1v) is 22.7. The van der Waals surface area contributed by atoms with E-state index in [1.807, 2.05) is 24.3 Å². The number of carbonyl (C=O) groups excluding carboxylic acids is 3. The molecule has 7 heterocycles. The lowest BCUT2D eigenvalue weighted by molar-refractivity contribution is -0.136. The number of rotatable bonds is 11. The molecule has 0 bridgehead atoms. The summed E-state index contributed by atoms with van der Waals surface area (Å²) in [5.74, 6) is 2.21. The lowest BCUT2D eigenvalue weighted by Crippen LogP contribution is -2.54. The van der Waals surface area contributed by atoms with Gasteiger partial charge >= 0.3 is 0 Å². The van der Waals surface area contributed by atoms with Gasteiger partial charge in [0.25, 0.3) is 5.91 Å². The summed E-state index contributed by atoms with van der Waals surface area (Å²) >= 11 is 0. The van der Waals surface area contributed by atoms with Crippen LogP contribution in [-0.2, 0) is 20.9 Å². The smallest absolute Gasteiger partial charge is 0.255 e. The first-order valence-electron chi connectivity index (χ1n) is 22.7. The Hall–Kier alpha value is -5.28. The summed E-state index contributed by atoms with van der Waals surface area (Å²) < 4.78 is 19.1. The molecule has 15 nitrogen and oxygen atoms in total. The molecule has 2 N–H and O–H groups in total. The maximum atomic E-state index is 13.4. The fourth-order valence-corrected chi connectivity index (χ4v) is 10.5. The van der Waals surface area contributed by atoms with Gasteiger partial charge in [0, 0.05) is 73.8 Å². The summed E-state index contributed by atoms with van der Waals surface area (Å²) in [6.07, 6.45) is 11.0. The maximum absolute atomic E-state index is 13.4. The second-order valence-corrected chi connectivity index (χ2v) is 19.3. The molecule has 4 saturated heterocycles. The molecule has 10 rings (SSSR count). The summed E-state index contributed by atoms with van der Waals surface area (Å²) in [6.45, 7) is 12.9. The van der Waals surface area contributed by atoms with Gasteiger partial charge in [-0.05, 0) is 115 Å². The van der Waals surface area contributed by atoms with Gasteiger partial charge in [0.1, 0.15) is 41.0 Å². The van der Waals surface area contributed by atoms with E-state index in [0.717, 1.165) is 136 Å². The standard InChI is InChI=1S/C47H59N9O6/c1-46(2)25-32(61-30-13-20-54(21-14-30)40-24-37(48-28-49-40)42-34-23-31(62-47(3)16-17-47)5-7-36(34)51-52-42)15-22-55(46)26-29-11-18-53(19-12-29)38-8-6-33-35(43(38)60-4)27-56(45(33)59)39-9-10-41(57)50-44(39)58/h5-8,23-24,28-30,32,39H,9-22,25-27H2,1-4H3,(H,51,52)(H,50,57,58). The Morgan fingerprint density at radius 1 is 0.855 bits per heavy atom. The van der Waals surface area contributed by atoms with Crippen LogP contribution in [-0.4, -0.2) is 123 Å². The topological polar surface area (TPSA) is 158 Å². The molecule has 62 heavy (non-hydrogen) atoms. The van der Waals surface area contributed by atoms with Crippen molar-refractivity contribution in [2.45, 2.75) is 121 Å². The van der Waals surface area contributed by atoms with E-state index in [1.54, 1.807) is 18.3 Å². The molecule has 0 radical (unpaired) electrons. The van der Waals surface area contributed by atoms with Crippen molar-refractivity contribution in [2.24, 2.45) is 5.92 Å². The van der Waals surface area contributed by atoms with Gasteiger partial charge < -0.3 is 28.9 Å². The van der Waals surface area contributed by atoms with Gasteiger partial charge in [0.05, 0.1) is 42.8 Å². The van der Waals surface area contributed by atoms with E-state index < -0.39 is 11.9 Å². The molecule has 2 aromatic carbocycles. The van der Waals surface area contributed by atoms with Gasteiger partial charge in [0.2, 0.25) is 11.8 Å². The fraction of sp³-hybridized carbons (Fsp3) is 0.574. The zero-order valence-electron chi connectivity index (χ0n) is 36.5. The third-order valence-electron chi connectivity index (χ3n) is 14.5. The van der Waals surface area contributed by atoms with Crippen molar-refractivity contribution in [3.63, 3.8) is 0 Å². The van der Waals surface area contributed by atoms with Crippen molar-refractivity contribution >= 4 is 40.1 Å². The van der Waals surface area contributed by atoms with E-state index in [2.05, 4.69) is 73.1 Å². The van der Waals surface area contributed by atoms with E-state index in [0.29, 0.717) is 30.2 Å². The normalized spacial score (nSPS) is 24.4. The van der Waals surface area contributed by atoms with Crippen molar-refractivity contribution < 1.29 is 28.6 Å². The number of nitrogens with zero attached hydrogens (tertiary/aromatic N) is 7. The second kappa shape index (κ2) is 16.1. The number of aromatic amines is 1. The van der Waals surface area contributed by atoms with Crippen molar-refractivity contribution in [1.82, 2.24) is 35.3 Å². The summed E-state index contributed by atoms with van der Waals surface area (Å²) in [5.41, 5.74) is 4.96. The highest BCUT2D eigenvalue weighted by Gasteiger charge is 2.43. The minimum Gasteiger partial charge on any atom is -0.494 e. The minimum atomic E-state index is -0.650. The molecule has 2 unspecified atom stereocenters. The van der Waals surface area contributed by atoms with Crippen molar-refractivity contribution in [3.05, 3.63) is 53.9 Å². The van der Waals surface area contributed by atoms with Crippen LogP contribution in [0, 0.1) is 5.92 Å². The van der Waals surface area contributed by atoms with E-state index in [1.165, 1.54) is 0 Å². The molecule has 2 aromatic heterocycles. The molecule has 1 saturated carbocycles. The Morgan fingerprint density at radius 2 is 1.63 bits per heavy atom. The Kier molecular flexibility index (Phi) is 10.6. The lowest BCUT2D eigenvalue weighted by Gasteiger charge is -2.48. The van der Waals surface area contributed by atoms with Crippen LogP contribution >= 0.6 is 0 Å². The summed E-state index contributed by atoms with van der Waals surface area (Å²) in [7, 11) is 1.66. The molecule has 4 aromatic rings. The predicted molar refractivity (Wildman–Crippen MR) is 234 cm³/mol. The van der Waals surface area contributed by atoms with E-state index in [4.69, 9.17) is 14.2 Å². The average Bonchev–Trinajstić information content (AvgIpc) is 3.68. The number of aromatic nitrogens is 4. The Bertz CT molecular complexity index is 2360. The largest absolute Gasteiger partial charge is 0.494 e. The molecule has 6 aliphatic rings. The lowest BCUT2D eigenvalue weighted by atomic mass is 9.85.